The summed E-state index contributed by atoms with van der Waals surface area (Å²) in [5.74, 6) is -0.253. The molecule has 0 saturated carbocycles. The number of sulfonamides is 1. The second-order valence-electron chi connectivity index (χ2n) is 5.67. The smallest absolute Gasteiger partial charge is 0.248 e. The SMILES string of the molecule is CCCS(=O)(=O)Nc1cccc(NC(=O)/C=C/c2cnn(C)c2)c1C. The molecule has 134 valence electrons. The lowest BCUT2D eigenvalue weighted by Crippen LogP contribution is -2.17. The van der Waals surface area contributed by atoms with Gasteiger partial charge in [0, 0.05) is 30.6 Å². The van der Waals surface area contributed by atoms with Gasteiger partial charge in [0.05, 0.1) is 17.6 Å². The molecule has 0 spiro atoms. The molecule has 7 nitrogen and oxygen atoms in total. The van der Waals surface area contributed by atoms with Gasteiger partial charge in [-0.25, -0.2) is 8.42 Å². The summed E-state index contributed by atoms with van der Waals surface area (Å²) in [5, 5.41) is 6.78. The molecule has 25 heavy (non-hydrogen) atoms. The van der Waals surface area contributed by atoms with Crippen molar-refractivity contribution in [1.29, 1.82) is 0 Å². The van der Waals surface area contributed by atoms with E-state index < -0.39 is 10.0 Å². The monoisotopic (exact) mass is 362 g/mol. The molecule has 2 N–H and O–H groups in total. The van der Waals surface area contributed by atoms with Crippen LogP contribution in [0.2, 0.25) is 0 Å². The van der Waals surface area contributed by atoms with Gasteiger partial charge in [-0.2, -0.15) is 5.10 Å². The molecule has 0 aliphatic heterocycles. The van der Waals surface area contributed by atoms with Crippen molar-refractivity contribution in [2.45, 2.75) is 20.3 Å². The minimum Gasteiger partial charge on any atom is -0.322 e. The van der Waals surface area contributed by atoms with Crippen molar-refractivity contribution in [3.05, 3.63) is 47.8 Å². The molecule has 2 rings (SSSR count). The highest BCUT2D eigenvalue weighted by Gasteiger charge is 2.12. The third-order valence-corrected chi connectivity index (χ3v) is 4.96. The van der Waals surface area contributed by atoms with Crippen LogP contribution >= 0.6 is 0 Å². The number of hydrogen-bond donors (Lipinski definition) is 2. The summed E-state index contributed by atoms with van der Waals surface area (Å²) in [6.45, 7) is 3.56. The third-order valence-electron chi connectivity index (χ3n) is 3.48. The van der Waals surface area contributed by atoms with E-state index >= 15 is 0 Å². The maximum Gasteiger partial charge on any atom is 0.248 e. The van der Waals surface area contributed by atoms with Crippen LogP contribution in [0, 0.1) is 6.92 Å². The minimum atomic E-state index is -3.38. The van der Waals surface area contributed by atoms with Gasteiger partial charge in [0.1, 0.15) is 0 Å². The first-order valence-electron chi connectivity index (χ1n) is 7.88. The zero-order valence-electron chi connectivity index (χ0n) is 14.5. The first-order valence-corrected chi connectivity index (χ1v) is 9.54. The standard InChI is InChI=1S/C17H22N4O3S/c1-4-10-25(23,24)20-16-7-5-6-15(13(16)2)19-17(22)9-8-14-11-18-21(3)12-14/h5-9,11-12,20H,4,10H2,1-3H3,(H,19,22)/b9-8+. The molecule has 1 heterocycles. The predicted octanol–water partition coefficient (Wildman–Crippen LogP) is 2.53. The summed E-state index contributed by atoms with van der Waals surface area (Å²) in [6.07, 6.45) is 7.04. The number of aromatic nitrogens is 2. The quantitative estimate of drug-likeness (QED) is 0.740. The van der Waals surface area contributed by atoms with Crippen molar-refractivity contribution in [3.63, 3.8) is 0 Å². The van der Waals surface area contributed by atoms with Gasteiger partial charge in [-0.3, -0.25) is 14.2 Å². The number of hydrogen-bond acceptors (Lipinski definition) is 4. The van der Waals surface area contributed by atoms with E-state index in [0.29, 0.717) is 23.4 Å². The average molecular weight is 362 g/mol. The Balaban J connectivity index is 2.11. The van der Waals surface area contributed by atoms with Gasteiger partial charge in [0.25, 0.3) is 0 Å². The zero-order chi connectivity index (χ0) is 18.4. The van der Waals surface area contributed by atoms with Crippen LogP contribution in [0.15, 0.2) is 36.7 Å². The summed E-state index contributed by atoms with van der Waals surface area (Å²) in [7, 11) is -1.58. The molecule has 1 amide bonds. The van der Waals surface area contributed by atoms with Gasteiger partial charge in [0.2, 0.25) is 15.9 Å². The van der Waals surface area contributed by atoms with Gasteiger partial charge in [-0.15, -0.1) is 0 Å². The largest absolute Gasteiger partial charge is 0.322 e. The van der Waals surface area contributed by atoms with Crippen LogP contribution in [0.3, 0.4) is 0 Å². The van der Waals surface area contributed by atoms with Crippen molar-refractivity contribution in [2.24, 2.45) is 7.05 Å². The Morgan fingerprint density at radius 1 is 1.32 bits per heavy atom. The highest BCUT2D eigenvalue weighted by atomic mass is 32.2. The Hall–Kier alpha value is -2.61. The molecule has 0 aliphatic rings. The number of nitrogens with zero attached hydrogens (tertiary/aromatic N) is 2. The number of benzene rings is 1. The number of rotatable bonds is 7. The molecule has 0 saturated heterocycles. The summed E-state index contributed by atoms with van der Waals surface area (Å²) in [6, 6.07) is 5.09. The molecule has 0 atom stereocenters. The fourth-order valence-electron chi connectivity index (χ4n) is 2.24. The molecule has 0 radical (unpaired) electrons. The van der Waals surface area contributed by atoms with Gasteiger partial charge >= 0.3 is 0 Å². The lowest BCUT2D eigenvalue weighted by molar-refractivity contribution is -0.111. The number of nitrogens with one attached hydrogen (secondary N) is 2. The van der Waals surface area contributed by atoms with Crippen molar-refractivity contribution >= 4 is 33.4 Å². The lowest BCUT2D eigenvalue weighted by atomic mass is 10.1. The first kappa shape index (κ1) is 18.7. The number of aryl methyl sites for hydroxylation is 1. The Kier molecular flexibility index (Phi) is 5.97. The number of anilines is 2. The van der Waals surface area contributed by atoms with Crippen LogP contribution in [0.1, 0.15) is 24.5 Å². The molecular weight excluding hydrogens is 340 g/mol. The van der Waals surface area contributed by atoms with E-state index in [4.69, 9.17) is 0 Å². The lowest BCUT2D eigenvalue weighted by Gasteiger charge is -2.13. The van der Waals surface area contributed by atoms with E-state index in [0.717, 1.165) is 5.56 Å². The summed E-state index contributed by atoms with van der Waals surface area (Å²) >= 11 is 0. The zero-order valence-corrected chi connectivity index (χ0v) is 15.3. The van der Waals surface area contributed by atoms with Crippen molar-refractivity contribution in [3.8, 4) is 0 Å². The highest BCUT2D eigenvalue weighted by molar-refractivity contribution is 7.92. The molecule has 8 heteroatoms. The van der Waals surface area contributed by atoms with E-state index in [1.807, 2.05) is 0 Å². The maximum atomic E-state index is 12.1. The highest BCUT2D eigenvalue weighted by Crippen LogP contribution is 2.24. The van der Waals surface area contributed by atoms with Crippen LogP contribution < -0.4 is 10.0 Å². The molecule has 0 fully saturated rings. The number of amides is 1. The maximum absolute atomic E-state index is 12.1. The van der Waals surface area contributed by atoms with Gasteiger partial charge in [-0.1, -0.05) is 13.0 Å². The Labute approximate surface area is 147 Å². The summed E-state index contributed by atoms with van der Waals surface area (Å²) < 4.78 is 28.1. The summed E-state index contributed by atoms with van der Waals surface area (Å²) in [4.78, 5) is 12.1. The van der Waals surface area contributed by atoms with Crippen LogP contribution in [0.5, 0.6) is 0 Å². The van der Waals surface area contributed by atoms with E-state index in [1.54, 1.807) is 62.2 Å². The van der Waals surface area contributed by atoms with Crippen LogP contribution in [-0.4, -0.2) is 29.9 Å². The molecule has 2 aromatic rings. The van der Waals surface area contributed by atoms with Gasteiger partial charge in [0.15, 0.2) is 0 Å². The van der Waals surface area contributed by atoms with E-state index in [9.17, 15) is 13.2 Å². The van der Waals surface area contributed by atoms with Crippen LogP contribution in [0.4, 0.5) is 11.4 Å². The molecule has 1 aromatic carbocycles. The Morgan fingerprint density at radius 2 is 2.04 bits per heavy atom. The Bertz CT molecular complexity index is 885. The molecular formula is C17H22N4O3S. The van der Waals surface area contributed by atoms with E-state index in [2.05, 4.69) is 15.1 Å². The van der Waals surface area contributed by atoms with Crippen molar-refractivity contribution in [1.82, 2.24) is 9.78 Å². The topological polar surface area (TPSA) is 93.1 Å². The number of carbonyl (C=O) groups excluding carboxylic acids is 1. The second-order valence-corrected chi connectivity index (χ2v) is 7.51. The Morgan fingerprint density at radius 3 is 2.68 bits per heavy atom. The average Bonchev–Trinajstić information content (AvgIpc) is 2.94. The van der Waals surface area contributed by atoms with E-state index in [-0.39, 0.29) is 11.7 Å². The normalized spacial score (nSPS) is 11.6. The van der Waals surface area contributed by atoms with Crippen molar-refractivity contribution in [2.75, 3.05) is 15.8 Å². The van der Waals surface area contributed by atoms with Crippen LogP contribution in [-0.2, 0) is 21.9 Å². The third kappa shape index (κ3) is 5.46. The van der Waals surface area contributed by atoms with E-state index in [1.165, 1.54) is 6.08 Å². The first-order chi connectivity index (χ1) is 11.8. The minimum absolute atomic E-state index is 0.0525. The molecule has 0 aliphatic carbocycles. The van der Waals surface area contributed by atoms with Gasteiger partial charge in [-0.05, 0) is 37.1 Å². The van der Waals surface area contributed by atoms with Crippen molar-refractivity contribution < 1.29 is 13.2 Å². The predicted molar refractivity (Wildman–Crippen MR) is 99.8 cm³/mol. The van der Waals surface area contributed by atoms with Gasteiger partial charge < -0.3 is 5.32 Å². The fourth-order valence-corrected chi connectivity index (χ4v) is 3.44. The fraction of sp³-hybridized carbons (Fsp3) is 0.294. The second kappa shape index (κ2) is 7.98. The van der Waals surface area contributed by atoms with Crippen LogP contribution in [0.25, 0.3) is 6.08 Å². The summed E-state index contributed by atoms with van der Waals surface area (Å²) in [5.41, 5.74) is 2.49. The molecule has 0 bridgehead atoms. The molecule has 0 unspecified atom stereocenters. The number of carbonyl (C=O) groups is 1. The molecule has 1 aromatic heterocycles.